The zero-order chi connectivity index (χ0) is 57.2. The molecule has 0 bridgehead atoms. The van der Waals surface area contributed by atoms with Crippen LogP contribution < -0.4 is 20.4 Å². The first-order chi connectivity index (χ1) is 37.0. The Kier molecular flexibility index (Phi) is 20.0. The molecule has 6 amide bonds. The second-order valence-corrected chi connectivity index (χ2v) is 19.5. The molecule has 0 unspecified atom stereocenters. The molecule has 2 heterocycles. The highest BCUT2D eigenvalue weighted by Crippen LogP contribution is 2.42. The molecule has 0 aromatic heterocycles. The van der Waals surface area contributed by atoms with E-state index in [-0.39, 0.29) is 58.5 Å². The predicted molar refractivity (Wildman–Crippen MR) is 272 cm³/mol. The molecule has 418 valence electrons. The van der Waals surface area contributed by atoms with Gasteiger partial charge in [-0.15, -0.1) is 0 Å². The van der Waals surface area contributed by atoms with Crippen molar-refractivity contribution in [2.24, 2.45) is 0 Å². The summed E-state index contributed by atoms with van der Waals surface area (Å²) in [6.07, 6.45) is -5.49. The van der Waals surface area contributed by atoms with Crippen LogP contribution in [0, 0.1) is 23.0 Å². The van der Waals surface area contributed by atoms with Gasteiger partial charge >= 0.3 is 12.2 Å². The average molecular weight is 1130 g/mol. The van der Waals surface area contributed by atoms with Crippen molar-refractivity contribution in [2.75, 3.05) is 44.2 Å². The maximum Gasteiger partial charge on any atom is 0.410 e. The molecule has 2 aliphatic heterocycles. The minimum Gasteiger partial charge on any atom is -0.453 e. The Morgan fingerprint density at radius 1 is 0.654 bits per heavy atom. The zero-order valence-electron chi connectivity index (χ0n) is 42.4. The lowest BCUT2D eigenvalue weighted by Gasteiger charge is -2.39. The molecule has 25 heteroatoms. The van der Waals surface area contributed by atoms with Crippen LogP contribution in [0.1, 0.15) is 68.7 Å². The fraction of sp³-hybridized carbons (Fsp3) is 0.415. The van der Waals surface area contributed by atoms with Gasteiger partial charge in [0.1, 0.15) is 35.8 Å². The molecule has 8 rings (SSSR count). The summed E-state index contributed by atoms with van der Waals surface area (Å²) in [4.78, 5) is 84.7. The molecule has 78 heavy (non-hydrogen) atoms. The first kappa shape index (κ1) is 60.1. The Hall–Kier alpha value is -7.13. The third-order valence-electron chi connectivity index (χ3n) is 13.2. The number of aliphatic hydroxyl groups is 1. The summed E-state index contributed by atoms with van der Waals surface area (Å²) in [7, 11) is 3.72. The van der Waals surface area contributed by atoms with Crippen LogP contribution in [0.3, 0.4) is 0 Å². The molecule has 0 radical (unpaired) electrons. The molecule has 4 aromatic carbocycles. The van der Waals surface area contributed by atoms with Gasteiger partial charge in [-0.1, -0.05) is 71.7 Å². The van der Waals surface area contributed by atoms with Crippen molar-refractivity contribution in [3.63, 3.8) is 0 Å². The maximum atomic E-state index is 14.4. The van der Waals surface area contributed by atoms with Gasteiger partial charge in [0.15, 0.2) is 0 Å². The highest BCUT2D eigenvalue weighted by Gasteiger charge is 2.51. The van der Waals surface area contributed by atoms with Crippen LogP contribution in [0.5, 0.6) is 0 Å². The molecule has 2 saturated carbocycles. The summed E-state index contributed by atoms with van der Waals surface area (Å²) in [5, 5.41) is 22.9. The van der Waals surface area contributed by atoms with Gasteiger partial charge in [-0.2, -0.15) is 5.26 Å². The van der Waals surface area contributed by atoms with Gasteiger partial charge in [0.25, 0.3) is 23.7 Å². The number of nitrogens with one attached hydrogen (secondary N) is 2. The van der Waals surface area contributed by atoms with E-state index in [0.29, 0.717) is 0 Å². The number of hydrogen-bond acceptors (Lipinski definition) is 11. The number of nitrogens with zero attached hydrogens (tertiary/aromatic N) is 5. The van der Waals surface area contributed by atoms with E-state index in [0.717, 1.165) is 40.0 Å². The van der Waals surface area contributed by atoms with Crippen molar-refractivity contribution in [3.8, 4) is 6.07 Å². The molecular formula is C53H55Cl2F6N7O10. The Balaban J connectivity index is 0.000000240. The van der Waals surface area contributed by atoms with Crippen LogP contribution in [0.2, 0.25) is 10.0 Å². The Morgan fingerprint density at radius 2 is 1.04 bits per heavy atom. The topological polar surface area (TPSA) is 211 Å². The first-order valence-corrected chi connectivity index (χ1v) is 25.0. The molecule has 4 aliphatic rings. The number of carbonyl (C=O) groups excluding carboxylic acids is 6. The molecule has 2 aliphatic carbocycles. The van der Waals surface area contributed by atoms with Gasteiger partial charge in [-0.3, -0.25) is 38.8 Å². The number of nitriles is 1. The number of alkyl halides is 4. The fourth-order valence-electron chi connectivity index (χ4n) is 9.54. The number of likely N-dealkylation sites (tertiary alicyclic amines) is 2. The maximum absolute atomic E-state index is 14.4. The van der Waals surface area contributed by atoms with Crippen LogP contribution in [-0.4, -0.2) is 133 Å². The number of halogens is 8. The number of β-amino-alcohol motifs (C(OH)–C–C–N with tert-alkyl or cyclic N) is 1. The molecule has 4 aromatic rings. The van der Waals surface area contributed by atoms with E-state index >= 15 is 0 Å². The number of hydrogen-bond donors (Lipinski definition) is 3. The summed E-state index contributed by atoms with van der Waals surface area (Å²) in [6.45, 7) is 1.29. The van der Waals surface area contributed by atoms with Gasteiger partial charge < -0.3 is 30.0 Å². The number of rotatable bonds is 13. The van der Waals surface area contributed by atoms with Gasteiger partial charge in [-0.25, -0.2) is 35.9 Å². The van der Waals surface area contributed by atoms with Crippen LogP contribution >= 0.6 is 23.2 Å². The van der Waals surface area contributed by atoms with Gasteiger partial charge in [-0.05, 0) is 48.5 Å². The zero-order valence-corrected chi connectivity index (χ0v) is 43.9. The quantitative estimate of drug-likeness (QED) is 0.108. The minimum absolute atomic E-state index is 0.0136. The van der Waals surface area contributed by atoms with Crippen molar-refractivity contribution in [2.45, 2.75) is 106 Å². The second-order valence-electron chi connectivity index (χ2n) is 18.6. The molecular weight excluding hydrogens is 1080 g/mol. The summed E-state index contributed by atoms with van der Waals surface area (Å²) in [5.74, 6) is -10.3. The number of benzene rings is 4. The SMILES string of the molecule is CC#N.COC(=O)N1C[C@@H](O)C[C@H]1C(=O)N(c1cccc(F)c1)[C@H](C(=O)NC1CC(F)(F)C1)c1ccccc1Cl.COC(=O)N1C[C@@H](OC)C[C@H]1C(=O)N(c1cccc(F)c1)[C@H](C(=O)NC1CC(F)(F)C1)c1ccccc1Cl. The number of carbonyl (C=O) groups is 6. The van der Waals surface area contributed by atoms with Gasteiger partial charge in [0.2, 0.25) is 11.8 Å². The highest BCUT2D eigenvalue weighted by molar-refractivity contribution is 6.32. The lowest BCUT2D eigenvalue weighted by atomic mass is 9.87. The second kappa shape index (κ2) is 26.0. The van der Waals surface area contributed by atoms with E-state index in [9.17, 15) is 60.2 Å². The van der Waals surface area contributed by atoms with Crippen molar-refractivity contribution in [3.05, 3.63) is 130 Å². The smallest absolute Gasteiger partial charge is 0.410 e. The number of amides is 6. The number of ether oxygens (including phenoxy) is 3. The van der Waals surface area contributed by atoms with Crippen LogP contribution in [0.25, 0.3) is 0 Å². The van der Waals surface area contributed by atoms with E-state index in [2.05, 4.69) is 10.6 Å². The van der Waals surface area contributed by atoms with Crippen LogP contribution in [-0.2, 0) is 33.4 Å². The molecule has 6 atom stereocenters. The van der Waals surface area contributed by atoms with Gasteiger partial charge in [0, 0.05) is 97.2 Å². The average Bonchev–Trinajstić information content (AvgIpc) is 4.03. The van der Waals surface area contributed by atoms with Crippen molar-refractivity contribution >= 4 is 70.4 Å². The van der Waals surface area contributed by atoms with Crippen LogP contribution in [0.4, 0.5) is 47.3 Å². The van der Waals surface area contributed by atoms with Crippen molar-refractivity contribution < 1.29 is 74.4 Å². The number of aliphatic hydroxyl groups excluding tert-OH is 1. The minimum atomic E-state index is -2.91. The summed E-state index contributed by atoms with van der Waals surface area (Å²) in [6, 6.07) is 17.1. The third kappa shape index (κ3) is 14.3. The predicted octanol–water partition coefficient (Wildman–Crippen LogP) is 8.52. The normalized spacial score (nSPS) is 20.8. The van der Waals surface area contributed by atoms with E-state index in [4.69, 9.17) is 42.7 Å². The molecule has 0 spiro atoms. The number of anilines is 2. The fourth-order valence-corrected chi connectivity index (χ4v) is 10.0. The first-order valence-electron chi connectivity index (χ1n) is 24.2. The molecule has 3 N–H and O–H groups in total. The third-order valence-corrected chi connectivity index (χ3v) is 13.9. The Bertz CT molecular complexity index is 2870. The monoisotopic (exact) mass is 1130 g/mol. The summed E-state index contributed by atoms with van der Waals surface area (Å²) >= 11 is 12.9. The summed E-state index contributed by atoms with van der Waals surface area (Å²) < 4.78 is 97.6. The van der Waals surface area contributed by atoms with Crippen LogP contribution in [0.15, 0.2) is 97.1 Å². The van der Waals surface area contributed by atoms with Crippen molar-refractivity contribution in [1.29, 1.82) is 5.26 Å². The highest BCUT2D eigenvalue weighted by atomic mass is 35.5. The molecule has 17 nitrogen and oxygen atoms in total. The van der Waals surface area contributed by atoms with Crippen molar-refractivity contribution in [1.82, 2.24) is 20.4 Å². The molecule has 4 fully saturated rings. The lowest BCUT2D eigenvalue weighted by Crippen LogP contribution is -2.56. The van der Waals surface area contributed by atoms with E-state index in [1.807, 2.05) is 0 Å². The summed E-state index contributed by atoms with van der Waals surface area (Å²) in [5.41, 5.74) is 0.338. The largest absolute Gasteiger partial charge is 0.453 e. The Labute approximate surface area is 454 Å². The lowest BCUT2D eigenvalue weighted by molar-refractivity contribution is -0.134. The standard InChI is InChI=1S/C26H27ClF3N3O5.C25H25ClF3N3O5.C2H3N/c1-37-18-11-21(32(14-18)25(36)38-2)24(35)33(17-7-5-6-15(28)10-17)22(19-8-3-4-9-20(19)27)23(34)31-16-12-26(29,30)13-16;1-37-24(36)31-13-17(33)10-20(31)23(35)32(16-6-4-5-14(27)9-16)21(18-7-2-3-8-19(18)26)22(34)30-15-11-25(28,29)12-15;1-2-3/h3-10,16,18,21-22H,11-14H2,1-2H3,(H,31,34);2-9,15,17,20-21,33H,10-13H2,1H3,(H,30,34);1H3/t18-,21-,22-;17-,20-,21-;/m00./s1. The van der Waals surface area contributed by atoms with E-state index in [1.165, 1.54) is 80.6 Å². The number of methoxy groups -OCH3 is 3. The Morgan fingerprint density at radius 3 is 1.40 bits per heavy atom. The van der Waals surface area contributed by atoms with E-state index < -0.39 is 133 Å². The molecule has 2 saturated heterocycles. The van der Waals surface area contributed by atoms with Gasteiger partial charge in [0.05, 0.1) is 45.6 Å². The van der Waals surface area contributed by atoms with E-state index in [1.54, 1.807) is 30.3 Å².